The number of H-pyrrole nitrogens is 1. The van der Waals surface area contributed by atoms with Crippen LogP contribution in [0.2, 0.25) is 0 Å². The number of nitrogens with zero attached hydrogens (tertiary/aromatic N) is 4. The summed E-state index contributed by atoms with van der Waals surface area (Å²) in [6.07, 6.45) is 9.16. The van der Waals surface area contributed by atoms with Gasteiger partial charge in [-0.25, -0.2) is 18.2 Å². The summed E-state index contributed by atoms with van der Waals surface area (Å²) in [6, 6.07) is 7.74. The van der Waals surface area contributed by atoms with E-state index in [2.05, 4.69) is 31.0 Å². The molecule has 4 aromatic rings. The highest BCUT2D eigenvalue weighted by Crippen LogP contribution is 2.41. The van der Waals surface area contributed by atoms with Crippen molar-refractivity contribution in [3.63, 3.8) is 0 Å². The lowest BCUT2D eigenvalue weighted by atomic mass is 9.95. The third kappa shape index (κ3) is 4.42. The first-order valence-corrected chi connectivity index (χ1v) is 15.2. The van der Waals surface area contributed by atoms with Crippen LogP contribution in [0.1, 0.15) is 37.7 Å². The number of hydrogen-bond donors (Lipinski definition) is 2. The number of rotatable bonds is 5. The van der Waals surface area contributed by atoms with Crippen LogP contribution in [0.3, 0.4) is 0 Å². The lowest BCUT2D eigenvalue weighted by Crippen LogP contribution is -2.51. The lowest BCUT2D eigenvalue weighted by molar-refractivity contribution is 0.111. The van der Waals surface area contributed by atoms with Crippen molar-refractivity contribution >= 4 is 27.5 Å². The summed E-state index contributed by atoms with van der Waals surface area (Å²) in [6.45, 7) is 3.02. The molecule has 1 aromatic carbocycles. The molecule has 2 bridgehead atoms. The molecular weight excluding hydrogens is 569 g/mol. The molecule has 8 nitrogen and oxygen atoms in total. The van der Waals surface area contributed by atoms with E-state index in [9.17, 15) is 13.6 Å². The first-order valence-electron chi connectivity index (χ1n) is 15.2. The first-order chi connectivity index (χ1) is 21.3. The number of pyridine rings is 3. The molecule has 3 aromatic heterocycles. The smallest absolute Gasteiger partial charge is 0.249 e. The molecule has 0 aliphatic carbocycles. The van der Waals surface area contributed by atoms with E-state index in [1.807, 2.05) is 6.07 Å². The summed E-state index contributed by atoms with van der Waals surface area (Å²) >= 11 is 0. The molecule has 0 amide bonds. The van der Waals surface area contributed by atoms with Crippen molar-refractivity contribution in [2.24, 2.45) is 0 Å². The highest BCUT2D eigenvalue weighted by molar-refractivity contribution is 6.00. The van der Waals surface area contributed by atoms with Gasteiger partial charge in [-0.3, -0.25) is 9.69 Å². The number of alkyl halides is 1. The van der Waals surface area contributed by atoms with Gasteiger partial charge >= 0.3 is 0 Å². The van der Waals surface area contributed by atoms with Crippen LogP contribution in [-0.2, 0) is 0 Å². The van der Waals surface area contributed by atoms with Crippen molar-refractivity contribution in [2.75, 3.05) is 37.7 Å². The average Bonchev–Trinajstić information content (AvgIpc) is 3.65. The largest absolute Gasteiger partial charge is 0.476 e. The fraction of sp³-hybridized carbons (Fsp3) is 0.424. The number of aromatic amines is 1. The standard InChI is InChI=1S/C33H31F3N6O2/c1-2-22-24(35)7-4-18-10-27(43)38-31(29(18)22)30-25(36)11-23-26(41-15-20-5-6-21(16-41)37-20)12-28(39-32(23)40-30)44-17-33-8-3-9-42(33)14-19(34)13-33/h1,4,7,10-12,19-21,37H,3,5-6,8-9,13-17H2,(H,38,43)/t19-,20?,21?,33+/m1/s1. The molecule has 2 N–H and O–H groups in total. The fourth-order valence-corrected chi connectivity index (χ4v) is 7.91. The molecule has 8 rings (SSSR count). The van der Waals surface area contributed by atoms with E-state index in [-0.39, 0.29) is 40.1 Å². The molecule has 7 heterocycles. The average molecular weight is 601 g/mol. The van der Waals surface area contributed by atoms with Crippen LogP contribution in [0.4, 0.5) is 18.9 Å². The molecule has 2 unspecified atom stereocenters. The van der Waals surface area contributed by atoms with Crippen LogP contribution < -0.4 is 20.5 Å². The van der Waals surface area contributed by atoms with E-state index >= 15 is 4.39 Å². The van der Waals surface area contributed by atoms with Gasteiger partial charge in [-0.15, -0.1) is 6.42 Å². The summed E-state index contributed by atoms with van der Waals surface area (Å²) < 4.78 is 51.6. The third-order valence-electron chi connectivity index (χ3n) is 9.87. The second-order valence-electron chi connectivity index (χ2n) is 12.6. The van der Waals surface area contributed by atoms with E-state index in [0.717, 1.165) is 51.0 Å². The fourth-order valence-electron chi connectivity index (χ4n) is 7.91. The van der Waals surface area contributed by atoms with E-state index in [1.165, 1.54) is 24.3 Å². The van der Waals surface area contributed by atoms with Gasteiger partial charge in [0.25, 0.3) is 0 Å². The van der Waals surface area contributed by atoms with E-state index in [1.54, 1.807) is 0 Å². The van der Waals surface area contributed by atoms with E-state index < -0.39 is 23.4 Å². The predicted octanol–water partition coefficient (Wildman–Crippen LogP) is 4.29. The number of nitrogens with one attached hydrogen (secondary N) is 2. The Hall–Kier alpha value is -4.14. The van der Waals surface area contributed by atoms with Gasteiger partial charge in [-0.1, -0.05) is 12.0 Å². The number of aromatic nitrogens is 3. The van der Waals surface area contributed by atoms with Gasteiger partial charge in [0.05, 0.1) is 22.5 Å². The molecule has 0 radical (unpaired) electrons. The van der Waals surface area contributed by atoms with Crippen molar-refractivity contribution < 1.29 is 17.9 Å². The maximum atomic E-state index is 16.1. The zero-order chi connectivity index (χ0) is 30.2. The number of terminal acetylenes is 1. The molecule has 0 saturated carbocycles. The van der Waals surface area contributed by atoms with Gasteiger partial charge in [-0.05, 0) is 49.7 Å². The molecule has 11 heteroatoms. The van der Waals surface area contributed by atoms with Crippen LogP contribution in [0.5, 0.6) is 5.88 Å². The Morgan fingerprint density at radius 3 is 2.70 bits per heavy atom. The number of anilines is 1. The number of ether oxygens (including phenoxy) is 1. The van der Waals surface area contributed by atoms with Gasteiger partial charge in [0, 0.05) is 61.0 Å². The predicted molar refractivity (Wildman–Crippen MR) is 162 cm³/mol. The molecular formula is C33H31F3N6O2. The minimum atomic E-state index is -0.886. The summed E-state index contributed by atoms with van der Waals surface area (Å²) in [4.78, 5) is 29.0. The Kier molecular flexibility index (Phi) is 6.36. The summed E-state index contributed by atoms with van der Waals surface area (Å²) in [5, 5.41) is 4.67. The zero-order valence-corrected chi connectivity index (χ0v) is 24.0. The van der Waals surface area contributed by atoms with Crippen molar-refractivity contribution in [2.45, 2.75) is 55.9 Å². The maximum absolute atomic E-state index is 16.1. The Balaban J connectivity index is 1.27. The summed E-state index contributed by atoms with van der Waals surface area (Å²) in [7, 11) is 0. The molecule has 44 heavy (non-hydrogen) atoms. The Bertz CT molecular complexity index is 1910. The van der Waals surface area contributed by atoms with Crippen LogP contribution in [0, 0.1) is 24.0 Å². The zero-order valence-electron chi connectivity index (χ0n) is 24.0. The molecule has 4 fully saturated rings. The lowest BCUT2D eigenvalue weighted by Gasteiger charge is -2.35. The minimum Gasteiger partial charge on any atom is -0.476 e. The van der Waals surface area contributed by atoms with Gasteiger partial charge < -0.3 is 19.9 Å². The SMILES string of the molecule is C#Cc1c(F)ccc2cc(=O)[nH]c(-c3nc4nc(OC[C@@]56CCCN5C[C@H](F)C6)cc(N5CC6CCC(C5)N6)c4cc3F)c12. The maximum Gasteiger partial charge on any atom is 0.249 e. The highest BCUT2D eigenvalue weighted by Gasteiger charge is 2.49. The summed E-state index contributed by atoms with van der Waals surface area (Å²) in [5.41, 5.74) is -0.229. The molecule has 4 saturated heterocycles. The highest BCUT2D eigenvalue weighted by atomic mass is 19.1. The molecule has 4 aliphatic rings. The second kappa shape index (κ2) is 10.2. The Labute approximate surface area is 251 Å². The van der Waals surface area contributed by atoms with Crippen molar-refractivity contribution in [3.05, 3.63) is 57.9 Å². The van der Waals surface area contributed by atoms with E-state index in [4.69, 9.17) is 16.1 Å². The minimum absolute atomic E-state index is 0.0188. The van der Waals surface area contributed by atoms with Gasteiger partial charge in [0.2, 0.25) is 11.4 Å². The topological polar surface area (TPSA) is 86.4 Å². The third-order valence-corrected chi connectivity index (χ3v) is 9.87. The van der Waals surface area contributed by atoms with Gasteiger partial charge in [-0.2, -0.15) is 4.98 Å². The Morgan fingerprint density at radius 2 is 1.91 bits per heavy atom. The summed E-state index contributed by atoms with van der Waals surface area (Å²) in [5.74, 6) is 1.28. The van der Waals surface area contributed by atoms with Gasteiger partial charge in [0.15, 0.2) is 11.5 Å². The molecule has 0 spiro atoms. The van der Waals surface area contributed by atoms with Gasteiger partial charge in [0.1, 0.15) is 24.3 Å². The van der Waals surface area contributed by atoms with Crippen LogP contribution in [0.15, 0.2) is 35.1 Å². The normalized spacial score (nSPS) is 26.4. The number of piperazine rings is 1. The Morgan fingerprint density at radius 1 is 1.09 bits per heavy atom. The number of halogens is 3. The first kappa shape index (κ1) is 27.4. The molecule has 226 valence electrons. The van der Waals surface area contributed by atoms with Crippen molar-refractivity contribution in [1.29, 1.82) is 0 Å². The molecule has 4 atom stereocenters. The van der Waals surface area contributed by atoms with Crippen molar-refractivity contribution in [3.8, 4) is 29.6 Å². The van der Waals surface area contributed by atoms with Crippen LogP contribution >= 0.6 is 0 Å². The number of fused-ring (bicyclic) bond motifs is 5. The van der Waals surface area contributed by atoms with Crippen molar-refractivity contribution in [1.82, 2.24) is 25.2 Å². The number of hydrogen-bond acceptors (Lipinski definition) is 7. The second-order valence-corrected chi connectivity index (χ2v) is 12.6. The van der Waals surface area contributed by atoms with E-state index in [0.29, 0.717) is 41.7 Å². The van der Waals surface area contributed by atoms with Crippen LogP contribution in [-0.4, -0.2) is 76.4 Å². The van der Waals surface area contributed by atoms with Crippen LogP contribution in [0.25, 0.3) is 33.2 Å². The quantitative estimate of drug-likeness (QED) is 0.331. The molecule has 4 aliphatic heterocycles. The monoisotopic (exact) mass is 600 g/mol. The number of benzene rings is 1.